The van der Waals surface area contributed by atoms with E-state index in [9.17, 15) is 0 Å². The lowest BCUT2D eigenvalue weighted by Crippen LogP contribution is -1.73. The van der Waals surface area contributed by atoms with E-state index < -0.39 is 0 Å². The number of benzene rings is 1. The number of fused-ring (bicyclic) bond motifs is 1. The number of nitrogens with zero attached hydrogens (tertiary/aromatic N) is 1. The highest BCUT2D eigenvalue weighted by molar-refractivity contribution is 7.98. The molecule has 0 aliphatic carbocycles. The first kappa shape index (κ1) is 9.57. The Morgan fingerprint density at radius 2 is 2.21 bits per heavy atom. The molecule has 0 fully saturated rings. The number of aryl methyl sites for hydroxylation is 1. The van der Waals surface area contributed by atoms with Gasteiger partial charge in [0.1, 0.15) is 6.07 Å². The van der Waals surface area contributed by atoms with E-state index in [1.807, 2.05) is 13.0 Å². The van der Waals surface area contributed by atoms with Gasteiger partial charge in [0.2, 0.25) is 0 Å². The summed E-state index contributed by atoms with van der Waals surface area (Å²) in [6.45, 7) is 2.00. The van der Waals surface area contributed by atoms with Crippen molar-refractivity contribution in [2.45, 2.75) is 11.8 Å². The molecule has 2 rings (SSSR count). The number of rotatable bonds is 1. The van der Waals surface area contributed by atoms with Crippen molar-refractivity contribution < 1.29 is 0 Å². The van der Waals surface area contributed by atoms with E-state index in [1.165, 1.54) is 9.60 Å². The number of hydrogen-bond donors (Lipinski definition) is 0. The highest BCUT2D eigenvalue weighted by Crippen LogP contribution is 2.32. The molecule has 0 amide bonds. The van der Waals surface area contributed by atoms with Gasteiger partial charge in [-0.3, -0.25) is 0 Å². The lowest BCUT2D eigenvalue weighted by molar-refractivity contribution is 1.48. The van der Waals surface area contributed by atoms with Gasteiger partial charge >= 0.3 is 0 Å². The Hall–Kier alpha value is -0.980. The van der Waals surface area contributed by atoms with Crippen LogP contribution in [0.2, 0.25) is 0 Å². The van der Waals surface area contributed by atoms with Crippen molar-refractivity contribution in [2.75, 3.05) is 6.26 Å². The minimum absolute atomic E-state index is 0.831. The SMILES string of the molecule is CSc1ccc2c(C#N)c(C)sc2c1. The molecule has 2 aromatic rings. The van der Waals surface area contributed by atoms with Gasteiger partial charge in [0, 0.05) is 19.9 Å². The molecule has 1 nitrogen and oxygen atoms in total. The lowest BCUT2D eigenvalue weighted by atomic mass is 10.1. The summed E-state index contributed by atoms with van der Waals surface area (Å²) in [5.41, 5.74) is 0.831. The summed E-state index contributed by atoms with van der Waals surface area (Å²) in [4.78, 5) is 2.36. The van der Waals surface area contributed by atoms with E-state index >= 15 is 0 Å². The fourth-order valence-corrected chi connectivity index (χ4v) is 3.03. The molecule has 0 spiro atoms. The Kier molecular flexibility index (Phi) is 2.49. The summed E-state index contributed by atoms with van der Waals surface area (Å²) in [6.07, 6.45) is 2.06. The summed E-state index contributed by atoms with van der Waals surface area (Å²) in [5, 5.41) is 10.1. The van der Waals surface area contributed by atoms with Crippen LogP contribution in [-0.4, -0.2) is 6.26 Å². The third-order valence-corrected chi connectivity index (χ3v) is 3.98. The number of thioether (sulfide) groups is 1. The highest BCUT2D eigenvalue weighted by Gasteiger charge is 2.08. The van der Waals surface area contributed by atoms with E-state index in [-0.39, 0.29) is 0 Å². The Morgan fingerprint density at radius 1 is 1.43 bits per heavy atom. The van der Waals surface area contributed by atoms with Crippen molar-refractivity contribution in [3.63, 3.8) is 0 Å². The minimum atomic E-state index is 0.831. The maximum atomic E-state index is 8.98. The molecule has 0 atom stereocenters. The van der Waals surface area contributed by atoms with Crippen LogP contribution in [0.1, 0.15) is 10.4 Å². The Labute approximate surface area is 91.4 Å². The molecule has 0 saturated heterocycles. The van der Waals surface area contributed by atoms with Gasteiger partial charge in [-0.15, -0.1) is 23.1 Å². The van der Waals surface area contributed by atoms with Crippen LogP contribution in [0.15, 0.2) is 23.1 Å². The minimum Gasteiger partial charge on any atom is -0.192 e. The average Bonchev–Trinajstić information content (AvgIpc) is 2.51. The molecule has 0 bridgehead atoms. The Bertz CT molecular complexity index is 520. The molecule has 0 aliphatic rings. The first-order valence-corrected chi connectivity index (χ1v) is 6.27. The second kappa shape index (κ2) is 3.64. The van der Waals surface area contributed by atoms with Crippen LogP contribution in [0.3, 0.4) is 0 Å². The predicted octanol–water partition coefficient (Wildman–Crippen LogP) is 3.80. The smallest absolute Gasteiger partial charge is 0.101 e. The van der Waals surface area contributed by atoms with Crippen molar-refractivity contribution in [1.82, 2.24) is 0 Å². The van der Waals surface area contributed by atoms with Gasteiger partial charge in [0.15, 0.2) is 0 Å². The van der Waals surface area contributed by atoms with Gasteiger partial charge in [-0.25, -0.2) is 0 Å². The normalized spacial score (nSPS) is 10.4. The average molecular weight is 219 g/mol. The number of thiophene rings is 1. The summed E-state index contributed by atoms with van der Waals surface area (Å²) >= 11 is 3.43. The Balaban J connectivity index is 2.76. The maximum Gasteiger partial charge on any atom is 0.101 e. The summed E-state index contributed by atoms with van der Waals surface area (Å²) in [6, 6.07) is 8.52. The zero-order valence-corrected chi connectivity index (χ0v) is 9.63. The maximum absolute atomic E-state index is 8.98. The van der Waals surface area contributed by atoms with Crippen LogP contribution < -0.4 is 0 Å². The fourth-order valence-electron chi connectivity index (χ4n) is 1.47. The van der Waals surface area contributed by atoms with Gasteiger partial charge in [-0.1, -0.05) is 6.07 Å². The fraction of sp³-hybridized carbons (Fsp3) is 0.182. The van der Waals surface area contributed by atoms with Gasteiger partial charge in [0.05, 0.1) is 5.56 Å². The summed E-state index contributed by atoms with van der Waals surface area (Å²) < 4.78 is 1.21. The van der Waals surface area contributed by atoms with Crippen LogP contribution in [0.4, 0.5) is 0 Å². The standard InChI is InChI=1S/C11H9NS2/c1-7-10(6-12)9-4-3-8(13-2)5-11(9)14-7/h3-5H,1-2H3. The van der Waals surface area contributed by atoms with E-state index in [0.717, 1.165) is 15.8 Å². The quantitative estimate of drug-likeness (QED) is 0.681. The van der Waals surface area contributed by atoms with Crippen molar-refractivity contribution in [2.24, 2.45) is 0 Å². The second-order valence-electron chi connectivity index (χ2n) is 3.01. The molecular weight excluding hydrogens is 210 g/mol. The zero-order chi connectivity index (χ0) is 10.1. The molecule has 0 saturated carbocycles. The highest BCUT2D eigenvalue weighted by atomic mass is 32.2. The van der Waals surface area contributed by atoms with Gasteiger partial charge in [0.25, 0.3) is 0 Å². The van der Waals surface area contributed by atoms with E-state index in [2.05, 4.69) is 24.5 Å². The predicted molar refractivity (Wildman–Crippen MR) is 63.1 cm³/mol. The Morgan fingerprint density at radius 3 is 2.86 bits per heavy atom. The molecule has 14 heavy (non-hydrogen) atoms. The van der Waals surface area contributed by atoms with Crippen LogP contribution in [0.25, 0.3) is 10.1 Å². The lowest BCUT2D eigenvalue weighted by Gasteiger charge is -1.95. The summed E-state index contributed by atoms with van der Waals surface area (Å²) in [5.74, 6) is 0. The van der Waals surface area contributed by atoms with Crippen molar-refractivity contribution >= 4 is 33.2 Å². The molecule has 0 aliphatic heterocycles. The first-order chi connectivity index (χ1) is 6.76. The van der Waals surface area contributed by atoms with Gasteiger partial charge in [-0.2, -0.15) is 5.26 Å². The molecule has 1 heterocycles. The summed E-state index contributed by atoms with van der Waals surface area (Å²) in [7, 11) is 0. The number of nitriles is 1. The molecule has 70 valence electrons. The molecule has 0 N–H and O–H groups in total. The molecule has 3 heteroatoms. The monoisotopic (exact) mass is 219 g/mol. The van der Waals surface area contributed by atoms with Gasteiger partial charge in [-0.05, 0) is 25.3 Å². The topological polar surface area (TPSA) is 23.8 Å². The molecular formula is C11H9NS2. The second-order valence-corrected chi connectivity index (χ2v) is 5.14. The van der Waals surface area contributed by atoms with Crippen LogP contribution >= 0.6 is 23.1 Å². The molecule has 0 radical (unpaired) electrons. The van der Waals surface area contributed by atoms with Crippen LogP contribution in [0.5, 0.6) is 0 Å². The molecule has 1 aromatic carbocycles. The molecule has 1 aromatic heterocycles. The third kappa shape index (κ3) is 1.41. The van der Waals surface area contributed by atoms with Crippen LogP contribution in [0, 0.1) is 18.3 Å². The zero-order valence-electron chi connectivity index (χ0n) is 8.00. The first-order valence-electron chi connectivity index (χ1n) is 4.23. The largest absolute Gasteiger partial charge is 0.192 e. The van der Waals surface area contributed by atoms with E-state index in [4.69, 9.17) is 5.26 Å². The number of hydrogen-bond acceptors (Lipinski definition) is 3. The van der Waals surface area contributed by atoms with Crippen molar-refractivity contribution in [1.29, 1.82) is 5.26 Å². The van der Waals surface area contributed by atoms with Crippen molar-refractivity contribution in [3.8, 4) is 6.07 Å². The third-order valence-electron chi connectivity index (χ3n) is 2.19. The van der Waals surface area contributed by atoms with Crippen LogP contribution in [-0.2, 0) is 0 Å². The molecule has 0 unspecified atom stereocenters. The van der Waals surface area contributed by atoms with E-state index in [0.29, 0.717) is 0 Å². The van der Waals surface area contributed by atoms with E-state index in [1.54, 1.807) is 23.1 Å². The van der Waals surface area contributed by atoms with Crippen molar-refractivity contribution in [3.05, 3.63) is 28.6 Å². The van der Waals surface area contributed by atoms with Gasteiger partial charge < -0.3 is 0 Å².